The first-order valence-corrected chi connectivity index (χ1v) is 11.1. The Morgan fingerprint density at radius 1 is 0.641 bits per heavy atom. The number of ether oxygens (including phenoxy) is 1. The summed E-state index contributed by atoms with van der Waals surface area (Å²) >= 11 is 0. The molecule has 0 aliphatic carbocycles. The van der Waals surface area contributed by atoms with E-state index in [-0.39, 0.29) is 27.8 Å². The average Bonchev–Trinajstić information content (AvgIpc) is 2.80. The fraction of sp³-hybridized carbons (Fsp3) is 0.103. The number of benzene rings is 4. The molecule has 1 nitrogen and oxygen atoms in total. The molecule has 4 aromatic carbocycles. The van der Waals surface area contributed by atoms with Gasteiger partial charge in [0.2, 0.25) is 0 Å². The number of hydrogen-bond donors (Lipinski definition) is 0. The maximum Gasteiger partial charge on any atom is 0.432 e. The molecule has 200 valence electrons. The van der Waals surface area contributed by atoms with Crippen molar-refractivity contribution in [1.82, 2.24) is 0 Å². The van der Waals surface area contributed by atoms with Crippen LogP contribution in [0.2, 0.25) is 0 Å². The predicted octanol–water partition coefficient (Wildman–Crippen LogP) is 8.47. The van der Waals surface area contributed by atoms with Crippen molar-refractivity contribution < 1.29 is 44.3 Å². The Kier molecular flexibility index (Phi) is 7.37. The second kappa shape index (κ2) is 10.4. The van der Waals surface area contributed by atoms with Crippen LogP contribution in [-0.2, 0) is 6.11 Å². The van der Waals surface area contributed by atoms with Gasteiger partial charge in [0.1, 0.15) is 34.6 Å². The summed E-state index contributed by atoms with van der Waals surface area (Å²) in [5.41, 5.74) is -2.54. The second-order valence-electron chi connectivity index (χ2n) is 8.52. The Bertz CT molecular complexity index is 1600. The monoisotopic (exact) mass is 550 g/mol. The van der Waals surface area contributed by atoms with Crippen molar-refractivity contribution in [2.45, 2.75) is 20.0 Å². The molecule has 0 amide bonds. The first kappa shape index (κ1) is 27.6. The van der Waals surface area contributed by atoms with E-state index in [9.17, 15) is 39.5 Å². The molecular weight excluding hydrogens is 535 g/mol. The molecule has 0 saturated carbocycles. The highest BCUT2D eigenvalue weighted by atomic mass is 19.3. The van der Waals surface area contributed by atoms with E-state index in [2.05, 4.69) is 16.6 Å². The molecule has 0 saturated heterocycles. The lowest BCUT2D eigenvalue weighted by Gasteiger charge is -2.20. The van der Waals surface area contributed by atoms with Gasteiger partial charge >= 0.3 is 6.11 Å². The van der Waals surface area contributed by atoms with Gasteiger partial charge in [0.15, 0.2) is 17.5 Å². The summed E-state index contributed by atoms with van der Waals surface area (Å²) in [5.74, 6) is -6.52. The van der Waals surface area contributed by atoms with Gasteiger partial charge in [-0.1, -0.05) is 24.0 Å². The van der Waals surface area contributed by atoms with Gasteiger partial charge in [0.25, 0.3) is 0 Å². The van der Waals surface area contributed by atoms with Crippen molar-refractivity contribution in [1.29, 1.82) is 0 Å². The molecule has 10 heteroatoms. The van der Waals surface area contributed by atoms with Crippen LogP contribution in [0.4, 0.5) is 39.5 Å². The Labute approximate surface area is 216 Å². The maximum absolute atomic E-state index is 14.8. The van der Waals surface area contributed by atoms with Gasteiger partial charge in [-0.15, -0.1) is 0 Å². The highest BCUT2D eigenvalue weighted by Crippen LogP contribution is 2.38. The summed E-state index contributed by atoms with van der Waals surface area (Å²) in [5, 5.41) is 0. The molecular formula is C29H15F9O. The summed E-state index contributed by atoms with van der Waals surface area (Å²) in [6, 6.07) is 7.41. The van der Waals surface area contributed by atoms with Gasteiger partial charge in [-0.3, -0.25) is 0 Å². The molecule has 0 unspecified atom stereocenters. The normalized spacial score (nSPS) is 11.3. The van der Waals surface area contributed by atoms with E-state index in [0.29, 0.717) is 35.9 Å². The number of hydrogen-bond acceptors (Lipinski definition) is 1. The molecule has 0 radical (unpaired) electrons. The molecule has 0 bridgehead atoms. The minimum atomic E-state index is -4.62. The highest BCUT2D eigenvalue weighted by molar-refractivity contribution is 5.65. The van der Waals surface area contributed by atoms with Gasteiger partial charge in [-0.25, -0.2) is 30.7 Å². The zero-order chi connectivity index (χ0) is 28.6. The Morgan fingerprint density at radius 2 is 1.26 bits per heavy atom. The van der Waals surface area contributed by atoms with Gasteiger partial charge in [-0.05, 0) is 66.9 Å². The van der Waals surface area contributed by atoms with E-state index >= 15 is 0 Å². The smallest absolute Gasteiger partial charge is 0.429 e. The molecule has 0 N–H and O–H groups in total. The minimum absolute atomic E-state index is 0.0671. The SMILES string of the molecule is Cc1ccc(-c2cc(F)c(C(F)(F)Oc3cc(C)c(C#Cc4cc(F)c(F)c(F)c4)c(F)c3)c(F)c2)c(F)c1. The van der Waals surface area contributed by atoms with Crippen molar-refractivity contribution in [2.75, 3.05) is 0 Å². The van der Waals surface area contributed by atoms with E-state index in [0.717, 1.165) is 12.1 Å². The van der Waals surface area contributed by atoms with Gasteiger partial charge in [0.05, 0.1) is 5.56 Å². The van der Waals surface area contributed by atoms with Crippen LogP contribution in [0, 0.1) is 66.4 Å². The lowest BCUT2D eigenvalue weighted by molar-refractivity contribution is -0.189. The van der Waals surface area contributed by atoms with Crippen LogP contribution in [0.5, 0.6) is 5.75 Å². The van der Waals surface area contributed by atoms with Crippen molar-refractivity contribution in [2.24, 2.45) is 0 Å². The third-order valence-corrected chi connectivity index (χ3v) is 5.59. The number of rotatable bonds is 4. The average molecular weight is 550 g/mol. The third-order valence-electron chi connectivity index (χ3n) is 5.59. The van der Waals surface area contributed by atoms with Gasteiger partial charge in [0, 0.05) is 17.2 Å². The van der Waals surface area contributed by atoms with Crippen LogP contribution in [0.25, 0.3) is 11.1 Å². The zero-order valence-corrected chi connectivity index (χ0v) is 20.0. The molecule has 0 heterocycles. The van der Waals surface area contributed by atoms with Crippen LogP contribution < -0.4 is 4.74 Å². The largest absolute Gasteiger partial charge is 0.432 e. The van der Waals surface area contributed by atoms with Crippen molar-refractivity contribution >= 4 is 0 Å². The standard InChI is InChI=1S/C29H15F9O/c1-14-3-5-20(21(30)7-14)17-11-23(32)27(24(33)12-17)29(37,38)39-18-8-15(2)19(22(31)13-18)6-4-16-9-25(34)28(36)26(35)10-16/h3,5,7-13H,1-2H3. The van der Waals surface area contributed by atoms with Crippen LogP contribution in [0.1, 0.15) is 27.8 Å². The van der Waals surface area contributed by atoms with Gasteiger partial charge < -0.3 is 4.74 Å². The first-order valence-electron chi connectivity index (χ1n) is 11.1. The van der Waals surface area contributed by atoms with Crippen LogP contribution in [-0.4, -0.2) is 0 Å². The Balaban J connectivity index is 1.64. The molecule has 4 aromatic rings. The summed E-state index contributed by atoms with van der Waals surface area (Å²) in [7, 11) is 0. The summed E-state index contributed by atoms with van der Waals surface area (Å²) in [6.45, 7) is 2.84. The predicted molar refractivity (Wildman–Crippen MR) is 124 cm³/mol. The van der Waals surface area contributed by atoms with E-state index in [1.165, 1.54) is 19.1 Å². The van der Waals surface area contributed by atoms with Gasteiger partial charge in [-0.2, -0.15) is 8.78 Å². The van der Waals surface area contributed by atoms with Crippen LogP contribution in [0.15, 0.2) is 54.6 Å². The van der Waals surface area contributed by atoms with E-state index in [4.69, 9.17) is 0 Å². The number of alkyl halides is 2. The molecule has 0 atom stereocenters. The lowest BCUT2D eigenvalue weighted by Crippen LogP contribution is -2.25. The van der Waals surface area contributed by atoms with Crippen molar-refractivity contribution in [3.05, 3.63) is 123 Å². The zero-order valence-electron chi connectivity index (χ0n) is 20.0. The van der Waals surface area contributed by atoms with Crippen molar-refractivity contribution in [3.8, 4) is 28.7 Å². The highest BCUT2D eigenvalue weighted by Gasteiger charge is 2.41. The molecule has 4 rings (SSSR count). The molecule has 0 aliphatic heterocycles. The fourth-order valence-corrected chi connectivity index (χ4v) is 3.75. The van der Waals surface area contributed by atoms with Crippen molar-refractivity contribution in [3.63, 3.8) is 0 Å². The van der Waals surface area contributed by atoms with E-state index in [1.807, 2.05) is 0 Å². The molecule has 0 fully saturated rings. The van der Waals surface area contributed by atoms with Crippen LogP contribution >= 0.6 is 0 Å². The maximum atomic E-state index is 14.8. The quantitative estimate of drug-likeness (QED) is 0.141. The summed E-state index contributed by atoms with van der Waals surface area (Å²) in [4.78, 5) is 0. The third kappa shape index (κ3) is 5.72. The Morgan fingerprint density at radius 3 is 1.82 bits per heavy atom. The first-order chi connectivity index (χ1) is 18.3. The molecule has 0 spiro atoms. The Hall–Kier alpha value is -4.39. The van der Waals surface area contributed by atoms with Crippen LogP contribution in [0.3, 0.4) is 0 Å². The lowest BCUT2D eigenvalue weighted by atomic mass is 10.0. The summed E-state index contributed by atoms with van der Waals surface area (Å²) in [6.07, 6.45) is -4.62. The molecule has 0 aliphatic rings. The van der Waals surface area contributed by atoms with E-state index < -0.39 is 58.1 Å². The number of aryl methyl sites for hydroxylation is 2. The van der Waals surface area contributed by atoms with E-state index in [1.54, 1.807) is 6.92 Å². The second-order valence-corrected chi connectivity index (χ2v) is 8.52. The minimum Gasteiger partial charge on any atom is -0.429 e. The molecule has 0 aromatic heterocycles. The topological polar surface area (TPSA) is 9.23 Å². The fourth-order valence-electron chi connectivity index (χ4n) is 3.75. The summed E-state index contributed by atoms with van der Waals surface area (Å²) < 4.78 is 132. The number of halogens is 9. The molecule has 39 heavy (non-hydrogen) atoms.